The Labute approximate surface area is 94.6 Å². The van der Waals surface area contributed by atoms with Gasteiger partial charge in [0.1, 0.15) is 0 Å². The number of ether oxygens (including phenoxy) is 1. The Morgan fingerprint density at radius 2 is 2.31 bits per heavy atom. The van der Waals surface area contributed by atoms with Crippen molar-refractivity contribution in [1.82, 2.24) is 20.3 Å². The van der Waals surface area contributed by atoms with E-state index in [0.717, 1.165) is 5.69 Å². The van der Waals surface area contributed by atoms with E-state index in [1.165, 1.54) is 0 Å². The third-order valence-electron chi connectivity index (χ3n) is 2.83. The molecule has 0 bridgehead atoms. The third-order valence-corrected chi connectivity index (χ3v) is 2.83. The van der Waals surface area contributed by atoms with Gasteiger partial charge in [-0.1, -0.05) is 5.21 Å². The van der Waals surface area contributed by atoms with Gasteiger partial charge in [0.2, 0.25) is 0 Å². The highest BCUT2D eigenvalue weighted by Crippen LogP contribution is 2.19. The Morgan fingerprint density at radius 1 is 1.56 bits per heavy atom. The van der Waals surface area contributed by atoms with Crippen LogP contribution in [0.3, 0.4) is 0 Å². The molecule has 1 aromatic rings. The SMILES string of the molecule is Cn1cc(CNCC2(O)CCOCC2)nn1. The van der Waals surface area contributed by atoms with E-state index in [9.17, 15) is 5.11 Å². The number of rotatable bonds is 4. The highest BCUT2D eigenvalue weighted by Gasteiger charge is 2.29. The molecular formula is C10H18N4O2. The molecule has 0 amide bonds. The molecule has 0 atom stereocenters. The fraction of sp³-hybridized carbons (Fsp3) is 0.800. The van der Waals surface area contributed by atoms with Crippen LogP contribution in [0, 0.1) is 0 Å². The van der Waals surface area contributed by atoms with Crippen molar-refractivity contribution < 1.29 is 9.84 Å². The largest absolute Gasteiger partial charge is 0.388 e. The molecule has 0 aromatic carbocycles. The predicted octanol–water partition coefficient (Wildman–Crippen LogP) is -0.554. The van der Waals surface area contributed by atoms with Crippen molar-refractivity contribution in [3.8, 4) is 0 Å². The topological polar surface area (TPSA) is 72.2 Å². The van der Waals surface area contributed by atoms with Gasteiger partial charge in [0.15, 0.2) is 0 Å². The van der Waals surface area contributed by atoms with Crippen molar-refractivity contribution >= 4 is 0 Å². The van der Waals surface area contributed by atoms with Crippen LogP contribution in [0.25, 0.3) is 0 Å². The Morgan fingerprint density at radius 3 is 2.94 bits per heavy atom. The Kier molecular flexibility index (Phi) is 3.52. The lowest BCUT2D eigenvalue weighted by Crippen LogP contribution is -2.44. The number of nitrogens with zero attached hydrogens (tertiary/aromatic N) is 3. The van der Waals surface area contributed by atoms with E-state index in [2.05, 4.69) is 15.6 Å². The molecule has 1 aliphatic rings. The number of nitrogens with one attached hydrogen (secondary N) is 1. The van der Waals surface area contributed by atoms with Gasteiger partial charge in [0, 0.05) is 52.4 Å². The van der Waals surface area contributed by atoms with E-state index >= 15 is 0 Å². The van der Waals surface area contributed by atoms with Crippen LogP contribution in [0.5, 0.6) is 0 Å². The Bertz CT molecular complexity index is 333. The maximum absolute atomic E-state index is 10.2. The average Bonchev–Trinajstić information content (AvgIpc) is 2.65. The predicted molar refractivity (Wildman–Crippen MR) is 57.7 cm³/mol. The molecule has 0 radical (unpaired) electrons. The van der Waals surface area contributed by atoms with Gasteiger partial charge in [-0.05, 0) is 0 Å². The molecule has 2 heterocycles. The molecule has 1 fully saturated rings. The van der Waals surface area contributed by atoms with Crippen LogP contribution >= 0.6 is 0 Å². The number of hydrogen-bond acceptors (Lipinski definition) is 5. The normalized spacial score (nSPS) is 19.9. The van der Waals surface area contributed by atoms with Crippen molar-refractivity contribution in [3.05, 3.63) is 11.9 Å². The standard InChI is InChI=1S/C10H18N4O2/c1-14-7-9(12-13-14)6-11-8-10(15)2-4-16-5-3-10/h7,11,15H,2-6,8H2,1H3. The smallest absolute Gasteiger partial charge is 0.0964 e. The molecule has 16 heavy (non-hydrogen) atoms. The molecule has 1 saturated heterocycles. The van der Waals surface area contributed by atoms with Crippen LogP contribution in [0.1, 0.15) is 18.5 Å². The quantitative estimate of drug-likeness (QED) is 0.720. The van der Waals surface area contributed by atoms with E-state index in [1.54, 1.807) is 4.68 Å². The summed E-state index contributed by atoms with van der Waals surface area (Å²) in [6, 6.07) is 0. The summed E-state index contributed by atoms with van der Waals surface area (Å²) in [6.45, 7) is 2.50. The van der Waals surface area contributed by atoms with Gasteiger partial charge in [0.05, 0.1) is 11.3 Å². The fourth-order valence-electron chi connectivity index (χ4n) is 1.83. The average molecular weight is 226 g/mol. The van der Waals surface area contributed by atoms with Gasteiger partial charge in [0.25, 0.3) is 0 Å². The van der Waals surface area contributed by atoms with Crippen molar-refractivity contribution in [1.29, 1.82) is 0 Å². The zero-order valence-corrected chi connectivity index (χ0v) is 9.52. The summed E-state index contributed by atoms with van der Waals surface area (Å²) >= 11 is 0. The van der Waals surface area contributed by atoms with Gasteiger partial charge >= 0.3 is 0 Å². The molecule has 6 nitrogen and oxygen atoms in total. The van der Waals surface area contributed by atoms with Gasteiger partial charge in [-0.3, -0.25) is 4.68 Å². The minimum atomic E-state index is -0.625. The molecule has 0 aliphatic carbocycles. The lowest BCUT2D eigenvalue weighted by Gasteiger charge is -2.32. The second-order valence-electron chi connectivity index (χ2n) is 4.32. The number of aromatic nitrogens is 3. The molecule has 90 valence electrons. The summed E-state index contributed by atoms with van der Waals surface area (Å²) in [4.78, 5) is 0. The monoisotopic (exact) mass is 226 g/mol. The lowest BCUT2D eigenvalue weighted by atomic mass is 9.94. The van der Waals surface area contributed by atoms with Gasteiger partial charge in [-0.25, -0.2) is 0 Å². The summed E-state index contributed by atoms with van der Waals surface area (Å²) in [5, 5.41) is 21.2. The molecule has 6 heteroatoms. The molecule has 0 saturated carbocycles. The summed E-state index contributed by atoms with van der Waals surface area (Å²) in [5.74, 6) is 0. The second-order valence-corrected chi connectivity index (χ2v) is 4.32. The molecule has 0 unspecified atom stereocenters. The first kappa shape index (κ1) is 11.5. The van der Waals surface area contributed by atoms with Crippen LogP contribution in [-0.2, 0) is 18.3 Å². The summed E-state index contributed by atoms with van der Waals surface area (Å²) in [6.07, 6.45) is 3.25. The molecule has 1 aromatic heterocycles. The van der Waals surface area contributed by atoms with Gasteiger partial charge in [-0.15, -0.1) is 5.10 Å². The second kappa shape index (κ2) is 4.90. The van der Waals surface area contributed by atoms with Gasteiger partial charge in [-0.2, -0.15) is 0 Å². The van der Waals surface area contributed by atoms with Crippen molar-refractivity contribution in [3.63, 3.8) is 0 Å². The first-order valence-corrected chi connectivity index (χ1v) is 5.54. The van der Waals surface area contributed by atoms with Crippen LogP contribution < -0.4 is 5.32 Å². The highest BCUT2D eigenvalue weighted by molar-refractivity contribution is 4.92. The van der Waals surface area contributed by atoms with E-state index in [1.807, 2.05) is 13.2 Å². The van der Waals surface area contributed by atoms with E-state index in [-0.39, 0.29) is 0 Å². The minimum Gasteiger partial charge on any atom is -0.388 e. The van der Waals surface area contributed by atoms with Crippen LogP contribution in [0.15, 0.2) is 6.20 Å². The number of aliphatic hydroxyl groups is 1. The van der Waals surface area contributed by atoms with Crippen LogP contribution in [0.4, 0.5) is 0 Å². The van der Waals surface area contributed by atoms with Crippen molar-refractivity contribution in [2.75, 3.05) is 19.8 Å². The number of aryl methyl sites for hydroxylation is 1. The van der Waals surface area contributed by atoms with E-state index in [0.29, 0.717) is 39.1 Å². The highest BCUT2D eigenvalue weighted by atomic mass is 16.5. The maximum atomic E-state index is 10.2. The lowest BCUT2D eigenvalue weighted by molar-refractivity contribution is -0.0617. The van der Waals surface area contributed by atoms with E-state index in [4.69, 9.17) is 4.74 Å². The van der Waals surface area contributed by atoms with Gasteiger partial charge < -0.3 is 15.2 Å². The van der Waals surface area contributed by atoms with E-state index < -0.39 is 5.60 Å². The molecule has 0 spiro atoms. The van der Waals surface area contributed by atoms with Crippen molar-refractivity contribution in [2.24, 2.45) is 7.05 Å². The summed E-state index contributed by atoms with van der Waals surface area (Å²) in [5.41, 5.74) is 0.263. The fourth-order valence-corrected chi connectivity index (χ4v) is 1.83. The molecule has 2 N–H and O–H groups in total. The first-order valence-electron chi connectivity index (χ1n) is 5.54. The Hall–Kier alpha value is -0.980. The zero-order valence-electron chi connectivity index (χ0n) is 9.52. The first-order chi connectivity index (χ1) is 7.68. The molecule has 2 rings (SSSR count). The minimum absolute atomic E-state index is 0.576. The molecular weight excluding hydrogens is 208 g/mol. The third kappa shape index (κ3) is 3.01. The van der Waals surface area contributed by atoms with Crippen molar-refractivity contribution in [2.45, 2.75) is 25.0 Å². The summed E-state index contributed by atoms with van der Waals surface area (Å²) in [7, 11) is 1.84. The molecule has 1 aliphatic heterocycles. The van der Waals surface area contributed by atoms with Crippen LogP contribution in [0.2, 0.25) is 0 Å². The zero-order chi connectivity index (χ0) is 11.4. The van der Waals surface area contributed by atoms with Crippen LogP contribution in [-0.4, -0.2) is 45.5 Å². The Balaban J connectivity index is 1.74. The number of hydrogen-bond donors (Lipinski definition) is 2. The maximum Gasteiger partial charge on any atom is 0.0964 e. The summed E-state index contributed by atoms with van der Waals surface area (Å²) < 4.78 is 6.89.